The zero-order valence-corrected chi connectivity index (χ0v) is 13.5. The highest BCUT2D eigenvalue weighted by Crippen LogP contribution is 2.16. The van der Waals surface area contributed by atoms with Crippen LogP contribution in [0.4, 0.5) is 0 Å². The Balaban J connectivity index is 2.08. The first-order valence-corrected chi connectivity index (χ1v) is 8.38. The molecule has 0 aliphatic heterocycles. The van der Waals surface area contributed by atoms with Gasteiger partial charge in [-0.25, -0.2) is 8.42 Å². The first-order valence-electron chi connectivity index (χ1n) is 6.73. The molecule has 0 aliphatic carbocycles. The number of carbonyl (C=O) groups excluding carboxylic acids is 1. The fourth-order valence-electron chi connectivity index (χ4n) is 2.22. The number of sulfone groups is 1. The molecule has 2 rings (SSSR count). The molecule has 7 nitrogen and oxygen atoms in total. The number of aromatic nitrogens is 3. The SMILES string of the molecule is Cc1ccccc1[C@@H](C)NC(=O)CS(=O)(=O)c1nncn1C. The minimum atomic E-state index is -3.81. The standard InChI is InChI=1S/C14H18N4O3S/c1-10-6-4-5-7-12(10)11(2)16-13(19)8-22(20,21)14-17-15-9-18(14)3/h4-7,9,11H,8H2,1-3H3,(H,16,19)/t11-/m1/s1. The van der Waals surface area contributed by atoms with Crippen LogP contribution >= 0.6 is 0 Å². The average Bonchev–Trinajstić information content (AvgIpc) is 2.85. The van der Waals surface area contributed by atoms with Crippen molar-refractivity contribution < 1.29 is 13.2 Å². The van der Waals surface area contributed by atoms with Gasteiger partial charge >= 0.3 is 0 Å². The van der Waals surface area contributed by atoms with E-state index in [-0.39, 0.29) is 11.2 Å². The second-order valence-corrected chi connectivity index (χ2v) is 7.01. The Bertz CT molecular complexity index is 783. The minimum Gasteiger partial charge on any atom is -0.349 e. The highest BCUT2D eigenvalue weighted by Gasteiger charge is 2.25. The van der Waals surface area contributed by atoms with Crippen LogP contribution < -0.4 is 5.32 Å². The summed E-state index contributed by atoms with van der Waals surface area (Å²) < 4.78 is 25.5. The number of nitrogens with zero attached hydrogens (tertiary/aromatic N) is 3. The Labute approximate surface area is 129 Å². The molecule has 0 fully saturated rings. The largest absolute Gasteiger partial charge is 0.349 e. The number of amides is 1. The lowest BCUT2D eigenvalue weighted by atomic mass is 10.0. The molecule has 1 atom stereocenters. The number of hydrogen-bond donors (Lipinski definition) is 1. The third-order valence-electron chi connectivity index (χ3n) is 3.30. The second-order valence-electron chi connectivity index (χ2n) is 5.13. The van der Waals surface area contributed by atoms with E-state index in [1.807, 2.05) is 38.1 Å². The van der Waals surface area contributed by atoms with Crippen molar-refractivity contribution in [3.63, 3.8) is 0 Å². The van der Waals surface area contributed by atoms with Crippen molar-refractivity contribution in [2.45, 2.75) is 25.0 Å². The monoisotopic (exact) mass is 322 g/mol. The zero-order valence-electron chi connectivity index (χ0n) is 12.6. The first-order chi connectivity index (χ1) is 10.3. The zero-order chi connectivity index (χ0) is 16.3. The molecule has 8 heteroatoms. The Morgan fingerprint density at radius 3 is 2.64 bits per heavy atom. The average molecular weight is 322 g/mol. The molecule has 0 aliphatic rings. The molecule has 118 valence electrons. The van der Waals surface area contributed by atoms with E-state index in [1.54, 1.807) is 0 Å². The van der Waals surface area contributed by atoms with Gasteiger partial charge in [0.15, 0.2) is 0 Å². The third kappa shape index (κ3) is 3.51. The normalized spacial score (nSPS) is 12.9. The van der Waals surface area contributed by atoms with Crippen molar-refractivity contribution in [2.75, 3.05) is 5.75 Å². The van der Waals surface area contributed by atoms with Crippen molar-refractivity contribution in [1.29, 1.82) is 0 Å². The topological polar surface area (TPSA) is 93.9 Å². The van der Waals surface area contributed by atoms with Crippen LogP contribution in [0.25, 0.3) is 0 Å². The fraction of sp³-hybridized carbons (Fsp3) is 0.357. The summed E-state index contributed by atoms with van der Waals surface area (Å²) in [7, 11) is -2.29. The predicted molar refractivity (Wildman–Crippen MR) is 80.8 cm³/mol. The van der Waals surface area contributed by atoms with Crippen LogP contribution in [0.3, 0.4) is 0 Å². The number of carbonyl (C=O) groups is 1. The van der Waals surface area contributed by atoms with Gasteiger partial charge in [-0.1, -0.05) is 24.3 Å². The molecular weight excluding hydrogens is 304 g/mol. The molecule has 0 bridgehead atoms. The van der Waals surface area contributed by atoms with E-state index in [0.29, 0.717) is 0 Å². The number of hydrogen-bond acceptors (Lipinski definition) is 5. The molecule has 1 heterocycles. The number of aryl methyl sites for hydroxylation is 2. The first kappa shape index (κ1) is 16.2. The van der Waals surface area contributed by atoms with E-state index >= 15 is 0 Å². The number of nitrogens with one attached hydrogen (secondary N) is 1. The molecular formula is C14H18N4O3S. The summed E-state index contributed by atoms with van der Waals surface area (Å²) in [5, 5.41) is 9.54. The van der Waals surface area contributed by atoms with E-state index in [2.05, 4.69) is 15.5 Å². The van der Waals surface area contributed by atoms with Crippen LogP contribution in [-0.4, -0.2) is 34.8 Å². The summed E-state index contributed by atoms with van der Waals surface area (Å²) in [6, 6.07) is 7.35. The van der Waals surface area contributed by atoms with Crippen molar-refractivity contribution in [3.05, 3.63) is 41.7 Å². The maximum absolute atomic E-state index is 12.1. The van der Waals surface area contributed by atoms with Gasteiger partial charge in [-0.2, -0.15) is 0 Å². The van der Waals surface area contributed by atoms with Gasteiger partial charge in [0.25, 0.3) is 0 Å². The quantitative estimate of drug-likeness (QED) is 0.877. The van der Waals surface area contributed by atoms with Crippen LogP contribution in [0.2, 0.25) is 0 Å². The summed E-state index contributed by atoms with van der Waals surface area (Å²) in [6.07, 6.45) is 1.28. The number of rotatable bonds is 5. The smallest absolute Gasteiger partial charge is 0.249 e. The molecule has 0 saturated carbocycles. The second kappa shape index (κ2) is 6.27. The van der Waals surface area contributed by atoms with Gasteiger partial charge in [0.2, 0.25) is 20.9 Å². The third-order valence-corrected chi connectivity index (χ3v) is 4.87. The van der Waals surface area contributed by atoms with E-state index in [9.17, 15) is 13.2 Å². The Kier molecular flexibility index (Phi) is 4.60. The van der Waals surface area contributed by atoms with Gasteiger partial charge in [0.1, 0.15) is 12.1 Å². The summed E-state index contributed by atoms with van der Waals surface area (Å²) >= 11 is 0. The van der Waals surface area contributed by atoms with Crippen molar-refractivity contribution in [1.82, 2.24) is 20.1 Å². The maximum atomic E-state index is 12.1. The predicted octanol–water partition coefficient (Wildman–Crippen LogP) is 0.775. The van der Waals surface area contributed by atoms with Crippen LogP contribution in [0, 0.1) is 6.92 Å². The highest BCUT2D eigenvalue weighted by molar-refractivity contribution is 7.91. The van der Waals surface area contributed by atoms with Gasteiger partial charge in [0, 0.05) is 7.05 Å². The Morgan fingerprint density at radius 1 is 1.36 bits per heavy atom. The van der Waals surface area contributed by atoms with Crippen molar-refractivity contribution >= 4 is 15.7 Å². The van der Waals surface area contributed by atoms with Gasteiger partial charge in [-0.05, 0) is 25.0 Å². The lowest BCUT2D eigenvalue weighted by Gasteiger charge is -2.16. The van der Waals surface area contributed by atoms with Crippen molar-refractivity contribution in [2.24, 2.45) is 7.05 Å². The lowest BCUT2D eigenvalue weighted by Crippen LogP contribution is -2.33. The summed E-state index contributed by atoms with van der Waals surface area (Å²) in [6.45, 7) is 3.75. The van der Waals surface area contributed by atoms with E-state index in [1.165, 1.54) is 17.9 Å². The summed E-state index contributed by atoms with van der Waals surface area (Å²) in [4.78, 5) is 12.0. The molecule has 0 unspecified atom stereocenters. The molecule has 0 spiro atoms. The van der Waals surface area contributed by atoms with Gasteiger partial charge in [-0.15, -0.1) is 10.2 Å². The molecule has 1 aromatic carbocycles. The van der Waals surface area contributed by atoms with Gasteiger partial charge < -0.3 is 9.88 Å². The van der Waals surface area contributed by atoms with Crippen LogP contribution in [0.1, 0.15) is 24.1 Å². The maximum Gasteiger partial charge on any atom is 0.249 e. The van der Waals surface area contributed by atoms with Gasteiger partial charge in [-0.3, -0.25) is 4.79 Å². The molecule has 1 amide bonds. The Hall–Kier alpha value is -2.22. The molecule has 0 radical (unpaired) electrons. The number of benzene rings is 1. The fourth-order valence-corrected chi connectivity index (χ4v) is 3.44. The summed E-state index contributed by atoms with van der Waals surface area (Å²) in [5.74, 6) is -1.23. The lowest BCUT2D eigenvalue weighted by molar-refractivity contribution is -0.119. The van der Waals surface area contributed by atoms with E-state index in [0.717, 1.165) is 11.1 Å². The van der Waals surface area contributed by atoms with Crippen molar-refractivity contribution in [3.8, 4) is 0 Å². The van der Waals surface area contributed by atoms with E-state index < -0.39 is 21.5 Å². The molecule has 1 N–H and O–H groups in total. The summed E-state index contributed by atoms with van der Waals surface area (Å²) in [5.41, 5.74) is 1.98. The molecule has 2 aromatic rings. The molecule has 22 heavy (non-hydrogen) atoms. The highest BCUT2D eigenvalue weighted by atomic mass is 32.2. The molecule has 1 aromatic heterocycles. The van der Waals surface area contributed by atoms with Crippen LogP contribution in [0.15, 0.2) is 35.7 Å². The minimum absolute atomic E-state index is 0.216. The molecule has 0 saturated heterocycles. The Morgan fingerprint density at radius 2 is 2.05 bits per heavy atom. The van der Waals surface area contributed by atoms with E-state index in [4.69, 9.17) is 0 Å². The van der Waals surface area contributed by atoms with Crippen LogP contribution in [-0.2, 0) is 21.7 Å². The van der Waals surface area contributed by atoms with Gasteiger partial charge in [0.05, 0.1) is 6.04 Å². The van der Waals surface area contributed by atoms with Crippen LogP contribution in [0.5, 0.6) is 0 Å².